The zero-order chi connectivity index (χ0) is 12.1. The number of aryl methyl sites for hydroxylation is 1. The van der Waals surface area contributed by atoms with Gasteiger partial charge in [-0.3, -0.25) is 0 Å². The largest absolute Gasteiger partial charge is 0.354 e. The third kappa shape index (κ3) is 3.76. The number of aromatic nitrogens is 1. The molecule has 16 heavy (non-hydrogen) atoms. The van der Waals surface area contributed by atoms with E-state index in [1.54, 1.807) is 11.3 Å². The smallest absolute Gasteiger partial charge is 0.185 e. The van der Waals surface area contributed by atoms with Crippen LogP contribution in [0.15, 0.2) is 0 Å². The fraction of sp³-hybridized carbons (Fsp3) is 0.750. The van der Waals surface area contributed by atoms with Crippen LogP contribution < -0.4 is 10.2 Å². The number of thiazole rings is 1. The molecule has 0 bridgehead atoms. The Morgan fingerprint density at radius 2 is 2.12 bits per heavy atom. The lowest BCUT2D eigenvalue weighted by Gasteiger charge is -2.11. The van der Waals surface area contributed by atoms with E-state index < -0.39 is 0 Å². The van der Waals surface area contributed by atoms with Crippen LogP contribution in [0.4, 0.5) is 5.13 Å². The van der Waals surface area contributed by atoms with Crippen LogP contribution >= 0.6 is 11.3 Å². The Morgan fingerprint density at radius 3 is 2.62 bits per heavy atom. The molecule has 1 heterocycles. The molecule has 0 aromatic carbocycles. The molecule has 0 aliphatic rings. The number of rotatable bonds is 6. The molecule has 0 radical (unpaired) electrons. The highest BCUT2D eigenvalue weighted by molar-refractivity contribution is 7.15. The van der Waals surface area contributed by atoms with Crippen LogP contribution in [-0.4, -0.2) is 25.1 Å². The molecule has 1 atom stereocenters. The van der Waals surface area contributed by atoms with Crippen molar-refractivity contribution in [2.45, 2.75) is 46.2 Å². The van der Waals surface area contributed by atoms with Crippen molar-refractivity contribution in [3.05, 3.63) is 10.6 Å². The van der Waals surface area contributed by atoms with Crippen molar-refractivity contribution in [2.75, 3.05) is 19.0 Å². The van der Waals surface area contributed by atoms with Gasteiger partial charge in [0, 0.05) is 31.6 Å². The summed E-state index contributed by atoms with van der Waals surface area (Å²) in [6.07, 6.45) is 2.47. The topological polar surface area (TPSA) is 28.2 Å². The summed E-state index contributed by atoms with van der Waals surface area (Å²) >= 11 is 1.78. The Bertz CT molecular complexity index is 320. The molecule has 4 heteroatoms. The van der Waals surface area contributed by atoms with Crippen LogP contribution in [0.25, 0.3) is 0 Å². The average Bonchev–Trinajstić information content (AvgIpc) is 2.58. The second-order valence-corrected chi connectivity index (χ2v) is 5.53. The van der Waals surface area contributed by atoms with E-state index in [4.69, 9.17) is 0 Å². The molecule has 1 unspecified atom stereocenters. The Morgan fingerprint density at radius 1 is 1.44 bits per heavy atom. The Kier molecular flexibility index (Phi) is 5.22. The Hall–Kier alpha value is -0.610. The lowest BCUT2D eigenvalue weighted by molar-refractivity contribution is 0.510. The van der Waals surface area contributed by atoms with Crippen LogP contribution in [0.2, 0.25) is 0 Å². The number of nitrogens with zero attached hydrogens (tertiary/aromatic N) is 2. The highest BCUT2D eigenvalue weighted by atomic mass is 32.1. The maximum atomic E-state index is 4.54. The average molecular weight is 241 g/mol. The first kappa shape index (κ1) is 13.5. The number of hydrogen-bond donors (Lipinski definition) is 1. The van der Waals surface area contributed by atoms with Crippen LogP contribution in [-0.2, 0) is 6.54 Å². The molecule has 3 nitrogen and oxygen atoms in total. The molecule has 0 aliphatic heterocycles. The molecule has 1 rings (SSSR count). The summed E-state index contributed by atoms with van der Waals surface area (Å²) in [5, 5.41) is 4.64. The maximum absolute atomic E-state index is 4.54. The summed E-state index contributed by atoms with van der Waals surface area (Å²) in [4.78, 5) is 7.96. The first-order valence-corrected chi connectivity index (χ1v) is 6.73. The first-order chi connectivity index (χ1) is 7.54. The highest BCUT2D eigenvalue weighted by Gasteiger charge is 2.09. The van der Waals surface area contributed by atoms with Gasteiger partial charge in [0.25, 0.3) is 0 Å². The predicted octanol–water partition coefficient (Wildman–Crippen LogP) is 2.80. The van der Waals surface area contributed by atoms with E-state index in [2.05, 4.69) is 36.0 Å². The van der Waals surface area contributed by atoms with Gasteiger partial charge in [-0.1, -0.05) is 13.3 Å². The first-order valence-electron chi connectivity index (χ1n) is 5.91. The van der Waals surface area contributed by atoms with Gasteiger partial charge in [0.05, 0.1) is 5.69 Å². The van der Waals surface area contributed by atoms with Gasteiger partial charge in [0.1, 0.15) is 0 Å². The van der Waals surface area contributed by atoms with Crippen LogP contribution in [0.5, 0.6) is 0 Å². The van der Waals surface area contributed by atoms with Gasteiger partial charge in [-0.2, -0.15) is 0 Å². The Labute approximate surface area is 103 Å². The third-order valence-corrected chi connectivity index (χ3v) is 3.92. The van der Waals surface area contributed by atoms with E-state index in [-0.39, 0.29) is 0 Å². The lowest BCUT2D eigenvalue weighted by atomic mass is 10.2. The van der Waals surface area contributed by atoms with Gasteiger partial charge in [0.2, 0.25) is 0 Å². The molecule has 1 aromatic rings. The van der Waals surface area contributed by atoms with Gasteiger partial charge in [-0.15, -0.1) is 11.3 Å². The number of anilines is 1. The van der Waals surface area contributed by atoms with Crippen LogP contribution in [0.1, 0.15) is 37.3 Å². The minimum atomic E-state index is 0.592. The summed E-state index contributed by atoms with van der Waals surface area (Å²) in [6.45, 7) is 7.50. The summed E-state index contributed by atoms with van der Waals surface area (Å²) < 4.78 is 0. The van der Waals surface area contributed by atoms with Crippen molar-refractivity contribution >= 4 is 16.5 Å². The van der Waals surface area contributed by atoms with Crippen LogP contribution in [0.3, 0.4) is 0 Å². The van der Waals surface area contributed by atoms with Crippen molar-refractivity contribution in [3.8, 4) is 0 Å². The van der Waals surface area contributed by atoms with Crippen molar-refractivity contribution in [1.82, 2.24) is 10.3 Å². The molecular weight excluding hydrogens is 218 g/mol. The highest BCUT2D eigenvalue weighted by Crippen LogP contribution is 2.24. The van der Waals surface area contributed by atoms with E-state index in [9.17, 15) is 0 Å². The minimum Gasteiger partial charge on any atom is -0.354 e. The summed E-state index contributed by atoms with van der Waals surface area (Å²) in [5.41, 5.74) is 1.16. The van der Waals surface area contributed by atoms with Crippen molar-refractivity contribution < 1.29 is 0 Å². The molecule has 0 saturated heterocycles. The van der Waals surface area contributed by atoms with E-state index in [0.717, 1.165) is 17.4 Å². The van der Waals surface area contributed by atoms with Gasteiger partial charge < -0.3 is 10.2 Å². The fourth-order valence-corrected chi connectivity index (χ4v) is 2.50. The molecule has 92 valence electrons. The molecule has 0 aliphatic carbocycles. The Balaban J connectivity index is 2.53. The zero-order valence-electron chi connectivity index (χ0n) is 11.0. The second kappa shape index (κ2) is 6.21. The van der Waals surface area contributed by atoms with Crippen molar-refractivity contribution in [3.63, 3.8) is 0 Å². The summed E-state index contributed by atoms with van der Waals surface area (Å²) in [7, 11) is 4.07. The lowest BCUT2D eigenvalue weighted by Crippen LogP contribution is -2.24. The van der Waals surface area contributed by atoms with E-state index in [0.29, 0.717) is 6.04 Å². The van der Waals surface area contributed by atoms with Crippen molar-refractivity contribution in [1.29, 1.82) is 0 Å². The fourth-order valence-electron chi connectivity index (χ4n) is 1.57. The summed E-state index contributed by atoms with van der Waals surface area (Å²) in [5.74, 6) is 0. The van der Waals surface area contributed by atoms with Crippen LogP contribution in [0, 0.1) is 6.92 Å². The van der Waals surface area contributed by atoms with Gasteiger partial charge in [-0.05, 0) is 20.3 Å². The predicted molar refractivity (Wildman–Crippen MR) is 72.4 cm³/mol. The molecule has 1 aromatic heterocycles. The number of nitrogens with one attached hydrogen (secondary N) is 1. The monoisotopic (exact) mass is 241 g/mol. The minimum absolute atomic E-state index is 0.592. The normalized spacial score (nSPS) is 12.8. The quantitative estimate of drug-likeness (QED) is 0.830. The van der Waals surface area contributed by atoms with Gasteiger partial charge in [0.15, 0.2) is 5.13 Å². The van der Waals surface area contributed by atoms with E-state index in [1.807, 2.05) is 14.1 Å². The summed E-state index contributed by atoms with van der Waals surface area (Å²) in [6, 6.07) is 0.592. The van der Waals surface area contributed by atoms with Gasteiger partial charge >= 0.3 is 0 Å². The zero-order valence-corrected chi connectivity index (χ0v) is 11.8. The molecular formula is C12H23N3S. The number of hydrogen-bond acceptors (Lipinski definition) is 4. The van der Waals surface area contributed by atoms with E-state index in [1.165, 1.54) is 17.7 Å². The molecule has 0 saturated carbocycles. The standard InChI is InChI=1S/C12H23N3S/c1-6-7-9(2)13-8-11-10(3)14-12(16-11)15(4)5/h9,13H,6-8H2,1-5H3. The second-order valence-electron chi connectivity index (χ2n) is 4.47. The van der Waals surface area contributed by atoms with E-state index >= 15 is 0 Å². The maximum Gasteiger partial charge on any atom is 0.185 e. The SMILES string of the molecule is CCCC(C)NCc1sc(N(C)C)nc1C. The molecule has 1 N–H and O–H groups in total. The van der Waals surface area contributed by atoms with Gasteiger partial charge in [-0.25, -0.2) is 4.98 Å². The molecule has 0 spiro atoms. The van der Waals surface area contributed by atoms with Crippen molar-refractivity contribution in [2.24, 2.45) is 0 Å². The molecule has 0 amide bonds. The third-order valence-electron chi connectivity index (χ3n) is 2.60. The molecule has 0 fully saturated rings.